The van der Waals surface area contributed by atoms with E-state index in [0.717, 1.165) is 0 Å². The first-order valence-electron chi connectivity index (χ1n) is 5.83. The van der Waals surface area contributed by atoms with Crippen LogP contribution in [0.2, 0.25) is 0 Å². The van der Waals surface area contributed by atoms with Gasteiger partial charge in [-0.2, -0.15) is 8.42 Å². The average molecular weight is 284 g/mol. The zero-order valence-electron chi connectivity index (χ0n) is 10.3. The van der Waals surface area contributed by atoms with Crippen molar-refractivity contribution in [2.45, 2.75) is 4.90 Å². The molecule has 8 heteroatoms. The highest BCUT2D eigenvalue weighted by Crippen LogP contribution is 2.10. The number of hydrogen-bond acceptors (Lipinski definition) is 4. The molecule has 1 aliphatic heterocycles. The molecule has 3 N–H and O–H groups in total. The first-order valence-corrected chi connectivity index (χ1v) is 7.27. The lowest BCUT2D eigenvalue weighted by molar-refractivity contribution is 0.0246. The zero-order valence-corrected chi connectivity index (χ0v) is 11.1. The monoisotopic (exact) mass is 284 g/mol. The van der Waals surface area contributed by atoms with Crippen LogP contribution in [0.15, 0.2) is 39.6 Å². The normalized spacial score (nSPS) is 18.2. The van der Waals surface area contributed by atoms with Crippen LogP contribution in [0.1, 0.15) is 0 Å². The molecule has 1 aromatic rings. The van der Waals surface area contributed by atoms with E-state index in [4.69, 9.17) is 10.5 Å². The van der Waals surface area contributed by atoms with Gasteiger partial charge >= 0.3 is 0 Å². The van der Waals surface area contributed by atoms with Crippen LogP contribution in [0.4, 0.5) is 0 Å². The molecule has 0 atom stereocenters. The minimum atomic E-state index is -3.77. The lowest BCUT2D eigenvalue weighted by atomic mass is 10.4. The largest absolute Gasteiger partial charge is 0.379 e. The lowest BCUT2D eigenvalue weighted by Crippen LogP contribution is -2.51. The van der Waals surface area contributed by atoms with Crippen molar-refractivity contribution in [3.63, 3.8) is 0 Å². The second kappa shape index (κ2) is 6.00. The topological polar surface area (TPSA) is 97.0 Å². The maximum atomic E-state index is 11.9. The Morgan fingerprint density at radius 1 is 1.26 bits per heavy atom. The summed E-state index contributed by atoms with van der Waals surface area (Å²) in [6.45, 7) is 2.40. The Kier molecular flexibility index (Phi) is 4.35. The number of morpholine rings is 1. The predicted octanol–water partition coefficient (Wildman–Crippen LogP) is -0.473. The van der Waals surface area contributed by atoms with Gasteiger partial charge in [-0.15, -0.1) is 4.40 Å². The molecular weight excluding hydrogens is 268 g/mol. The summed E-state index contributed by atoms with van der Waals surface area (Å²) < 4.78 is 32.6. The SMILES string of the molecule is N/C(=N\S(=O)(=O)c1ccccc1)NN1CCOCC1. The number of sulfonamides is 1. The Bertz CT molecular complexity index is 538. The maximum Gasteiger partial charge on any atom is 0.285 e. The van der Waals surface area contributed by atoms with Gasteiger partial charge in [0, 0.05) is 13.1 Å². The number of nitrogens with zero attached hydrogens (tertiary/aromatic N) is 2. The Morgan fingerprint density at radius 3 is 2.53 bits per heavy atom. The van der Waals surface area contributed by atoms with E-state index in [1.54, 1.807) is 23.2 Å². The van der Waals surface area contributed by atoms with Crippen molar-refractivity contribution in [1.82, 2.24) is 10.4 Å². The molecule has 1 saturated heterocycles. The lowest BCUT2D eigenvalue weighted by Gasteiger charge is -2.27. The van der Waals surface area contributed by atoms with E-state index >= 15 is 0 Å². The summed E-state index contributed by atoms with van der Waals surface area (Å²) in [7, 11) is -3.77. The van der Waals surface area contributed by atoms with Gasteiger partial charge in [0.25, 0.3) is 10.0 Å². The van der Waals surface area contributed by atoms with Gasteiger partial charge in [-0.25, -0.2) is 5.01 Å². The van der Waals surface area contributed by atoms with Crippen LogP contribution in [-0.2, 0) is 14.8 Å². The van der Waals surface area contributed by atoms with E-state index in [-0.39, 0.29) is 10.9 Å². The molecule has 104 valence electrons. The summed E-state index contributed by atoms with van der Waals surface area (Å²) in [5.74, 6) is -0.147. The van der Waals surface area contributed by atoms with Gasteiger partial charge in [0.2, 0.25) is 5.96 Å². The van der Waals surface area contributed by atoms with E-state index < -0.39 is 10.0 Å². The second-order valence-corrected chi connectivity index (χ2v) is 5.58. The van der Waals surface area contributed by atoms with E-state index in [1.807, 2.05) is 0 Å². The minimum absolute atomic E-state index is 0.113. The number of rotatable bonds is 3. The summed E-state index contributed by atoms with van der Waals surface area (Å²) in [4.78, 5) is 0.113. The molecule has 1 fully saturated rings. The van der Waals surface area contributed by atoms with Gasteiger partial charge < -0.3 is 10.5 Å². The Morgan fingerprint density at radius 2 is 1.89 bits per heavy atom. The van der Waals surface area contributed by atoms with Crippen molar-refractivity contribution < 1.29 is 13.2 Å². The fraction of sp³-hybridized carbons (Fsp3) is 0.364. The molecule has 0 unspecified atom stereocenters. The Labute approximate surface area is 112 Å². The molecule has 2 rings (SSSR count). The van der Waals surface area contributed by atoms with E-state index in [9.17, 15) is 8.42 Å². The standard InChI is InChI=1S/C11H16N4O3S/c12-11(13-15-6-8-18-9-7-15)14-19(16,17)10-4-2-1-3-5-10/h1-5H,6-9H2,(H3,12,13,14). The summed E-state index contributed by atoms with van der Waals surface area (Å²) in [5, 5.41) is 1.77. The van der Waals surface area contributed by atoms with E-state index in [0.29, 0.717) is 26.3 Å². The van der Waals surface area contributed by atoms with Gasteiger partial charge in [-0.05, 0) is 12.1 Å². The van der Waals surface area contributed by atoms with Crippen molar-refractivity contribution in [1.29, 1.82) is 0 Å². The quantitative estimate of drug-likeness (QED) is 0.575. The molecule has 0 amide bonds. The fourth-order valence-corrected chi connectivity index (χ4v) is 2.54. The molecule has 0 saturated carbocycles. The number of hydrogen-bond donors (Lipinski definition) is 2. The van der Waals surface area contributed by atoms with Crippen molar-refractivity contribution in [3.8, 4) is 0 Å². The van der Waals surface area contributed by atoms with Gasteiger partial charge in [0.1, 0.15) is 0 Å². The van der Waals surface area contributed by atoms with Gasteiger partial charge in [-0.3, -0.25) is 5.43 Å². The third-order valence-corrected chi connectivity index (χ3v) is 3.85. The van der Waals surface area contributed by atoms with E-state index in [2.05, 4.69) is 9.82 Å². The summed E-state index contributed by atoms with van der Waals surface area (Å²) in [6.07, 6.45) is 0. The molecule has 0 aliphatic carbocycles. The molecule has 0 aromatic heterocycles. The summed E-state index contributed by atoms with van der Waals surface area (Å²) in [6, 6.07) is 7.95. The van der Waals surface area contributed by atoms with Crippen LogP contribution >= 0.6 is 0 Å². The third kappa shape index (κ3) is 3.91. The molecule has 1 heterocycles. The molecule has 19 heavy (non-hydrogen) atoms. The number of benzene rings is 1. The third-order valence-electron chi connectivity index (χ3n) is 2.54. The number of ether oxygens (including phenoxy) is 1. The first kappa shape index (κ1) is 13.8. The van der Waals surface area contributed by atoms with Crippen molar-refractivity contribution in [3.05, 3.63) is 30.3 Å². The van der Waals surface area contributed by atoms with Crippen molar-refractivity contribution in [2.75, 3.05) is 26.3 Å². The highest BCUT2D eigenvalue weighted by Gasteiger charge is 2.15. The van der Waals surface area contributed by atoms with Crippen LogP contribution in [0.3, 0.4) is 0 Å². The molecule has 0 radical (unpaired) electrons. The van der Waals surface area contributed by atoms with Gasteiger partial charge in [-0.1, -0.05) is 18.2 Å². The smallest absolute Gasteiger partial charge is 0.285 e. The molecule has 1 aliphatic rings. The van der Waals surface area contributed by atoms with Gasteiger partial charge in [0.15, 0.2) is 0 Å². The van der Waals surface area contributed by atoms with Crippen LogP contribution in [0.25, 0.3) is 0 Å². The predicted molar refractivity (Wildman–Crippen MR) is 70.8 cm³/mol. The van der Waals surface area contributed by atoms with Crippen molar-refractivity contribution in [2.24, 2.45) is 10.1 Å². The average Bonchev–Trinajstić information content (AvgIpc) is 2.40. The number of nitrogens with two attached hydrogens (primary N) is 1. The zero-order chi connectivity index (χ0) is 13.7. The second-order valence-electron chi connectivity index (χ2n) is 3.98. The number of hydrazine groups is 1. The van der Waals surface area contributed by atoms with E-state index in [1.165, 1.54) is 12.1 Å². The van der Waals surface area contributed by atoms with Crippen LogP contribution in [0.5, 0.6) is 0 Å². The summed E-state index contributed by atoms with van der Waals surface area (Å²) >= 11 is 0. The Hall–Kier alpha value is -1.64. The highest BCUT2D eigenvalue weighted by atomic mass is 32.2. The maximum absolute atomic E-state index is 11.9. The van der Waals surface area contributed by atoms with Crippen LogP contribution in [-0.4, -0.2) is 45.7 Å². The number of nitrogens with one attached hydrogen (secondary N) is 1. The molecular formula is C11H16N4O3S. The highest BCUT2D eigenvalue weighted by molar-refractivity contribution is 7.90. The minimum Gasteiger partial charge on any atom is -0.379 e. The number of guanidine groups is 1. The van der Waals surface area contributed by atoms with Crippen molar-refractivity contribution >= 4 is 16.0 Å². The first-order chi connectivity index (χ1) is 9.08. The van der Waals surface area contributed by atoms with Gasteiger partial charge in [0.05, 0.1) is 18.1 Å². The Balaban J connectivity index is 2.07. The molecule has 0 bridgehead atoms. The molecule has 1 aromatic carbocycles. The van der Waals surface area contributed by atoms with Crippen LogP contribution in [0, 0.1) is 0 Å². The molecule has 7 nitrogen and oxygen atoms in total. The van der Waals surface area contributed by atoms with Crippen LogP contribution < -0.4 is 11.2 Å². The molecule has 0 spiro atoms. The fourth-order valence-electron chi connectivity index (χ4n) is 1.63. The summed E-state index contributed by atoms with van der Waals surface area (Å²) in [5.41, 5.74) is 8.35.